The summed E-state index contributed by atoms with van der Waals surface area (Å²) < 4.78 is 10.1. The largest absolute Gasteiger partial charge is 0.435 e. The number of unbranched alkanes of at least 4 members (excludes halogenated alkanes) is 25. The second kappa shape index (κ2) is 34.0. The van der Waals surface area contributed by atoms with E-state index in [-0.39, 0.29) is 6.42 Å². The Labute approximate surface area is 278 Å². The van der Waals surface area contributed by atoms with E-state index in [4.69, 9.17) is 9.47 Å². The fourth-order valence-electron chi connectivity index (χ4n) is 5.50. The van der Waals surface area contributed by atoms with Gasteiger partial charge in [-0.1, -0.05) is 161 Å². The van der Waals surface area contributed by atoms with Crippen LogP contribution in [0.3, 0.4) is 0 Å². The van der Waals surface area contributed by atoms with Crippen LogP contribution in [0.25, 0.3) is 0 Å². The number of carbonyl (C=O) groups is 1. The number of allylic oxidation sites excluding steroid dienone is 3. The summed E-state index contributed by atoms with van der Waals surface area (Å²) in [6.45, 7) is 3.66. The van der Waals surface area contributed by atoms with Gasteiger partial charge in [0.2, 0.25) is 0 Å². The number of hydrogen-bond donors (Lipinski definition) is 2. The van der Waals surface area contributed by atoms with Gasteiger partial charge in [-0.25, -0.2) is 0 Å². The van der Waals surface area contributed by atoms with Gasteiger partial charge in [0.15, 0.2) is 6.10 Å². The van der Waals surface area contributed by atoms with Gasteiger partial charge in [-0.15, -0.1) is 5.11 Å². The van der Waals surface area contributed by atoms with Crippen LogP contribution in [0, 0.1) is 0 Å². The van der Waals surface area contributed by atoms with Crippen molar-refractivity contribution in [3.8, 4) is 0 Å². The highest BCUT2D eigenvalue weighted by Crippen LogP contribution is 2.20. The van der Waals surface area contributed by atoms with E-state index in [0.29, 0.717) is 6.42 Å². The zero-order chi connectivity index (χ0) is 33.1. The molecule has 0 saturated carbocycles. The third-order valence-corrected chi connectivity index (χ3v) is 8.53. The molecule has 265 valence electrons. The van der Waals surface area contributed by atoms with Gasteiger partial charge < -0.3 is 19.7 Å². The van der Waals surface area contributed by atoms with E-state index in [1.807, 2.05) is 0 Å². The van der Waals surface area contributed by atoms with Gasteiger partial charge in [0.05, 0.1) is 12.9 Å². The molecule has 2 atom stereocenters. The summed E-state index contributed by atoms with van der Waals surface area (Å²) >= 11 is 0. The van der Waals surface area contributed by atoms with Crippen molar-refractivity contribution in [2.24, 2.45) is 0 Å². The van der Waals surface area contributed by atoms with Crippen molar-refractivity contribution in [3.05, 3.63) is 24.5 Å². The number of ether oxygens (including phenoxy) is 2. The Balaban J connectivity index is 3.86. The lowest BCUT2D eigenvalue weighted by Gasteiger charge is -2.27. The average Bonchev–Trinajstić information content (AvgIpc) is 3.03. The van der Waals surface area contributed by atoms with E-state index in [2.05, 4.69) is 26.0 Å². The van der Waals surface area contributed by atoms with Gasteiger partial charge in [0.1, 0.15) is 0 Å². The first-order chi connectivity index (χ1) is 22.0. The van der Waals surface area contributed by atoms with E-state index in [0.717, 1.165) is 51.4 Å². The fourth-order valence-corrected chi connectivity index (χ4v) is 5.50. The molecule has 0 aromatic carbocycles. The molecule has 0 bridgehead atoms. The van der Waals surface area contributed by atoms with E-state index in [9.17, 15) is 20.1 Å². The Morgan fingerprint density at radius 3 is 1.33 bits per heavy atom. The predicted octanol–water partition coefficient (Wildman–Crippen LogP) is 11.4. The highest BCUT2D eigenvalue weighted by molar-refractivity contribution is 5.69. The van der Waals surface area contributed by atoms with Crippen LogP contribution in [-0.4, -0.2) is 34.9 Å². The molecule has 0 aliphatic carbocycles. The van der Waals surface area contributed by atoms with Gasteiger partial charge in [-0.2, -0.15) is 0 Å². The molecule has 0 amide bonds. The molecular weight excluding hydrogens is 564 g/mol. The van der Waals surface area contributed by atoms with Crippen LogP contribution in [0.1, 0.15) is 200 Å². The van der Waals surface area contributed by atoms with Gasteiger partial charge >= 0.3 is 11.9 Å². The molecule has 2 N–H and O–H groups in total. The van der Waals surface area contributed by atoms with Crippen molar-refractivity contribution >= 4 is 5.97 Å². The molecule has 1 radical (unpaired) electrons. The highest BCUT2D eigenvalue weighted by atomic mass is 16.8. The first-order valence-electron chi connectivity index (χ1n) is 19.2. The lowest BCUT2D eigenvalue weighted by molar-refractivity contribution is -0.388. The summed E-state index contributed by atoms with van der Waals surface area (Å²) in [5.74, 6) is -3.55. The maximum absolute atomic E-state index is 12.8. The molecule has 6 nitrogen and oxygen atoms in total. The van der Waals surface area contributed by atoms with Crippen molar-refractivity contribution in [2.45, 2.75) is 212 Å². The van der Waals surface area contributed by atoms with Gasteiger partial charge in [-0.05, 0) is 51.0 Å². The third-order valence-electron chi connectivity index (χ3n) is 8.53. The minimum atomic E-state index is -2.83. The zero-order valence-electron chi connectivity index (χ0n) is 29.6. The van der Waals surface area contributed by atoms with Crippen LogP contribution in [0.4, 0.5) is 0 Å². The fraction of sp³-hybridized carbons (Fsp3) is 0.872. The molecule has 45 heavy (non-hydrogen) atoms. The standard InChI is InChI=1S/C39H73O6/c1-3-5-7-9-11-13-15-17-19-21-23-25-27-29-31-33-35-44-39(43,37(41)36-40)45-38(42)34-32-30-28-26-24-22-20-18-16-14-12-10-8-6-4-2/h18,20,33,35,37,40-41H,3-17,19,21-32,34,36H2,1-2H3/b20-18+,35-33?. The number of esters is 1. The molecule has 0 fully saturated rings. The van der Waals surface area contributed by atoms with Gasteiger partial charge in [0, 0.05) is 6.42 Å². The minimum Gasteiger partial charge on any atom is -0.435 e. The summed E-state index contributed by atoms with van der Waals surface area (Å²) in [6.07, 6.45) is 39.7. The molecule has 2 unspecified atom stereocenters. The molecular formula is C39H73O6. The van der Waals surface area contributed by atoms with Crippen LogP contribution in [0.15, 0.2) is 24.5 Å². The smallest absolute Gasteiger partial charge is 0.430 e. The Kier molecular flexibility index (Phi) is 32.9. The Hall–Kier alpha value is -1.37. The summed E-state index contributed by atoms with van der Waals surface area (Å²) in [4.78, 5) is 12.3. The topological polar surface area (TPSA) is 95.9 Å². The maximum atomic E-state index is 12.8. The third kappa shape index (κ3) is 29.8. The average molecular weight is 638 g/mol. The maximum Gasteiger partial charge on any atom is 0.430 e. The first kappa shape index (κ1) is 43.6. The molecule has 0 heterocycles. The number of aliphatic hydroxyl groups is 2. The summed E-state index contributed by atoms with van der Waals surface area (Å²) in [5, 5.41) is 32.1. The SMILES string of the molecule is CCCCCCCC/C=C/CCCCCCCC(=O)OC([O])(OC=CCCCCCCCCCCCCCCCC)C(O)CO. The zero-order valence-corrected chi connectivity index (χ0v) is 29.6. The molecule has 0 spiro atoms. The Morgan fingerprint density at radius 1 is 0.578 bits per heavy atom. The predicted molar refractivity (Wildman–Crippen MR) is 187 cm³/mol. The molecule has 0 rings (SSSR count). The lowest BCUT2D eigenvalue weighted by atomic mass is 10.0. The van der Waals surface area contributed by atoms with Crippen molar-refractivity contribution in [3.63, 3.8) is 0 Å². The van der Waals surface area contributed by atoms with Crippen LogP contribution in [-0.2, 0) is 19.4 Å². The van der Waals surface area contributed by atoms with Gasteiger partial charge in [0.25, 0.3) is 0 Å². The quantitative estimate of drug-likeness (QED) is 0.0237. The van der Waals surface area contributed by atoms with E-state index >= 15 is 0 Å². The first-order valence-corrected chi connectivity index (χ1v) is 19.2. The monoisotopic (exact) mass is 638 g/mol. The molecule has 0 aliphatic heterocycles. The number of hydrogen-bond acceptors (Lipinski definition) is 5. The van der Waals surface area contributed by atoms with Crippen molar-refractivity contribution in [1.29, 1.82) is 0 Å². The van der Waals surface area contributed by atoms with E-state index in [1.165, 1.54) is 128 Å². The number of aliphatic hydroxyl groups excluding tert-OH is 2. The normalized spacial score (nSPS) is 13.9. The Morgan fingerprint density at radius 2 is 0.933 bits per heavy atom. The van der Waals surface area contributed by atoms with E-state index < -0.39 is 24.7 Å². The number of carbonyl (C=O) groups excluding carboxylic acids is 1. The molecule has 0 aliphatic rings. The van der Waals surface area contributed by atoms with Crippen molar-refractivity contribution in [2.75, 3.05) is 6.61 Å². The number of rotatable bonds is 35. The van der Waals surface area contributed by atoms with Crippen LogP contribution in [0.5, 0.6) is 0 Å². The highest BCUT2D eigenvalue weighted by Gasteiger charge is 2.44. The van der Waals surface area contributed by atoms with Crippen molar-refractivity contribution < 1.29 is 29.6 Å². The molecule has 0 aromatic rings. The Bertz CT molecular complexity index is 678. The summed E-state index contributed by atoms with van der Waals surface area (Å²) in [7, 11) is 0. The minimum absolute atomic E-state index is 0.0897. The van der Waals surface area contributed by atoms with Crippen LogP contribution in [0.2, 0.25) is 0 Å². The summed E-state index contributed by atoms with van der Waals surface area (Å²) in [6, 6.07) is 0. The molecule has 0 saturated heterocycles. The van der Waals surface area contributed by atoms with Crippen molar-refractivity contribution in [1.82, 2.24) is 0 Å². The van der Waals surface area contributed by atoms with Gasteiger partial charge in [-0.3, -0.25) is 4.79 Å². The van der Waals surface area contributed by atoms with Crippen LogP contribution >= 0.6 is 0 Å². The lowest BCUT2D eigenvalue weighted by Crippen LogP contribution is -2.48. The second-order valence-electron chi connectivity index (χ2n) is 13.0. The van der Waals surface area contributed by atoms with E-state index in [1.54, 1.807) is 6.08 Å². The van der Waals surface area contributed by atoms with Crippen LogP contribution < -0.4 is 0 Å². The second-order valence-corrected chi connectivity index (χ2v) is 13.0. The molecule has 0 aromatic heterocycles. The summed E-state index contributed by atoms with van der Waals surface area (Å²) in [5.41, 5.74) is 0. The molecule has 6 heteroatoms.